The number of anilines is 1. The van der Waals surface area contributed by atoms with Crippen LogP contribution in [0.3, 0.4) is 0 Å². The Morgan fingerprint density at radius 2 is 1.43 bits per heavy atom. The zero-order valence-corrected chi connectivity index (χ0v) is 20.9. The Balaban J connectivity index is 1.48. The highest BCUT2D eigenvalue weighted by Crippen LogP contribution is 2.39. The fourth-order valence-electron chi connectivity index (χ4n) is 4.64. The van der Waals surface area contributed by atoms with Crippen molar-refractivity contribution in [1.29, 1.82) is 0 Å². The molecule has 1 saturated carbocycles. The summed E-state index contributed by atoms with van der Waals surface area (Å²) < 4.78 is 121. The van der Waals surface area contributed by atoms with Crippen molar-refractivity contribution in [3.63, 3.8) is 0 Å². The number of rotatable bonds is 9. The molecule has 2 aromatic carbocycles. The van der Waals surface area contributed by atoms with Crippen LogP contribution in [0, 0.1) is 11.8 Å². The van der Waals surface area contributed by atoms with E-state index in [1.54, 1.807) is 6.07 Å². The third-order valence-electron chi connectivity index (χ3n) is 6.87. The lowest BCUT2D eigenvalue weighted by molar-refractivity contribution is -0.143. The zero-order valence-electron chi connectivity index (χ0n) is 20.9. The number of nitrogens with one attached hydrogen (secondary N) is 1. The second-order valence-electron chi connectivity index (χ2n) is 10.3. The molecule has 12 heteroatoms. The second kappa shape index (κ2) is 10.3. The Kier molecular flexibility index (Phi) is 7.26. The third-order valence-corrected chi connectivity index (χ3v) is 6.87. The Hall–Kier alpha value is -3.28. The molecule has 3 nitrogen and oxygen atoms in total. The molecular weight excluding hydrogens is 549 g/mol. The minimum Gasteiger partial charge on any atom is -0.355 e. The number of halogens is 9. The Bertz CT molecular complexity index is 1380. The quantitative estimate of drug-likeness (QED) is 0.208. The minimum absolute atomic E-state index is 0.0363. The Morgan fingerprint density at radius 3 is 1.98 bits per heavy atom. The lowest BCUT2D eigenvalue weighted by Crippen LogP contribution is -2.31. The molecule has 5 rings (SSSR count). The molecule has 1 aromatic heterocycles. The largest absolute Gasteiger partial charge is 0.418 e. The SMILES string of the molecule is FC(F)(F)c1cc(CNCc2cc3cccc(C(F)(F)F)c3nc2N(CC2C=C2)CC2CC2)cc(C(F)(F)F)c1. The first-order valence-corrected chi connectivity index (χ1v) is 12.6. The summed E-state index contributed by atoms with van der Waals surface area (Å²) in [6, 6.07) is 6.62. The van der Waals surface area contributed by atoms with Gasteiger partial charge in [-0.1, -0.05) is 24.3 Å². The van der Waals surface area contributed by atoms with Crippen LogP contribution in [0.4, 0.5) is 45.3 Å². The highest BCUT2D eigenvalue weighted by Gasteiger charge is 2.37. The molecule has 0 amide bonds. The van der Waals surface area contributed by atoms with Crippen molar-refractivity contribution in [1.82, 2.24) is 10.3 Å². The van der Waals surface area contributed by atoms with Crippen LogP contribution >= 0.6 is 0 Å². The summed E-state index contributed by atoms with van der Waals surface area (Å²) in [4.78, 5) is 6.39. The lowest BCUT2D eigenvalue weighted by atomic mass is 10.0. The topological polar surface area (TPSA) is 28.2 Å². The average Bonchev–Trinajstić information content (AvgIpc) is 3.78. The van der Waals surface area contributed by atoms with Crippen LogP contribution in [0.15, 0.2) is 54.6 Å². The van der Waals surface area contributed by atoms with Gasteiger partial charge in [0.2, 0.25) is 0 Å². The van der Waals surface area contributed by atoms with E-state index < -0.39 is 35.2 Å². The molecule has 2 aliphatic rings. The van der Waals surface area contributed by atoms with Crippen molar-refractivity contribution < 1.29 is 39.5 Å². The molecule has 3 aromatic rings. The number of fused-ring (bicyclic) bond motifs is 1. The fraction of sp³-hybridized carbons (Fsp3) is 0.393. The van der Waals surface area contributed by atoms with E-state index in [1.807, 2.05) is 17.1 Å². The van der Waals surface area contributed by atoms with Gasteiger partial charge in [-0.15, -0.1) is 0 Å². The van der Waals surface area contributed by atoms with Crippen LogP contribution in [-0.4, -0.2) is 18.1 Å². The van der Waals surface area contributed by atoms with E-state index in [0.29, 0.717) is 42.5 Å². The second-order valence-corrected chi connectivity index (χ2v) is 10.3. The van der Waals surface area contributed by atoms with Gasteiger partial charge in [-0.05, 0) is 54.7 Å². The minimum atomic E-state index is -4.97. The van der Waals surface area contributed by atoms with Gasteiger partial charge in [-0.25, -0.2) is 4.98 Å². The molecule has 2 aliphatic carbocycles. The molecular formula is C28H24F9N3. The summed E-state index contributed by atoms with van der Waals surface area (Å²) in [6.45, 7) is 0.727. The fourth-order valence-corrected chi connectivity index (χ4v) is 4.64. The number of para-hydroxylation sites is 1. The van der Waals surface area contributed by atoms with Crippen LogP contribution in [0.5, 0.6) is 0 Å². The normalized spacial score (nSPS) is 16.1. The first-order valence-electron chi connectivity index (χ1n) is 12.6. The maximum Gasteiger partial charge on any atom is 0.418 e. The van der Waals surface area contributed by atoms with Crippen molar-refractivity contribution in [3.8, 4) is 0 Å². The molecule has 0 saturated heterocycles. The number of hydrogen-bond donors (Lipinski definition) is 1. The molecule has 0 atom stereocenters. The molecule has 0 unspecified atom stereocenters. The smallest absolute Gasteiger partial charge is 0.355 e. The standard InChI is InChI=1S/C28H24F9N3/c29-26(30,31)21-8-18(9-22(11-21)27(32,33)34)12-38-13-20-10-19-2-1-3-23(28(35,36)37)24(19)39-25(20)40(14-16-4-5-16)15-17-6-7-17/h1-5,8-11,16-17,38H,6-7,12-15H2. The molecule has 0 spiro atoms. The van der Waals surface area contributed by atoms with E-state index in [9.17, 15) is 39.5 Å². The van der Waals surface area contributed by atoms with E-state index >= 15 is 0 Å². The van der Waals surface area contributed by atoms with Gasteiger partial charge in [0, 0.05) is 43.0 Å². The highest BCUT2D eigenvalue weighted by molar-refractivity contribution is 5.85. The lowest BCUT2D eigenvalue weighted by Gasteiger charge is -2.27. The van der Waals surface area contributed by atoms with Gasteiger partial charge in [-0.3, -0.25) is 0 Å². The van der Waals surface area contributed by atoms with Crippen molar-refractivity contribution in [2.75, 3.05) is 18.0 Å². The van der Waals surface area contributed by atoms with E-state index in [-0.39, 0.29) is 41.5 Å². The van der Waals surface area contributed by atoms with Crippen LogP contribution in [0.1, 0.15) is 40.7 Å². The van der Waals surface area contributed by atoms with Crippen molar-refractivity contribution >= 4 is 16.7 Å². The number of alkyl halides is 9. The predicted octanol–water partition coefficient (Wildman–Crippen LogP) is 7.98. The summed E-state index contributed by atoms with van der Waals surface area (Å²) in [5.74, 6) is 0.846. The Labute approximate surface area is 223 Å². The monoisotopic (exact) mass is 573 g/mol. The number of benzene rings is 2. The zero-order chi connectivity index (χ0) is 28.9. The molecule has 0 radical (unpaired) electrons. The number of aromatic nitrogens is 1. The molecule has 1 fully saturated rings. The molecule has 1 N–H and O–H groups in total. The summed E-state index contributed by atoms with van der Waals surface area (Å²) in [7, 11) is 0. The average molecular weight is 574 g/mol. The van der Waals surface area contributed by atoms with E-state index in [0.717, 1.165) is 18.9 Å². The molecule has 1 heterocycles. The molecule has 0 bridgehead atoms. The van der Waals surface area contributed by atoms with Crippen LogP contribution in [0.25, 0.3) is 10.9 Å². The van der Waals surface area contributed by atoms with E-state index in [1.165, 1.54) is 12.1 Å². The molecule has 40 heavy (non-hydrogen) atoms. The first kappa shape index (κ1) is 28.3. The summed E-state index contributed by atoms with van der Waals surface area (Å²) in [6.07, 6.45) is -8.68. The highest BCUT2D eigenvalue weighted by atomic mass is 19.4. The number of hydrogen-bond acceptors (Lipinski definition) is 3. The Morgan fingerprint density at radius 1 is 0.775 bits per heavy atom. The van der Waals surface area contributed by atoms with Crippen LogP contribution in [-0.2, 0) is 31.6 Å². The van der Waals surface area contributed by atoms with Gasteiger partial charge < -0.3 is 10.2 Å². The molecule has 0 aliphatic heterocycles. The van der Waals surface area contributed by atoms with Crippen molar-refractivity contribution in [3.05, 3.63) is 82.4 Å². The van der Waals surface area contributed by atoms with Gasteiger partial charge in [0.15, 0.2) is 0 Å². The number of pyridine rings is 1. The third kappa shape index (κ3) is 6.71. The van der Waals surface area contributed by atoms with Crippen LogP contribution < -0.4 is 10.2 Å². The maximum atomic E-state index is 13.8. The van der Waals surface area contributed by atoms with Crippen LogP contribution in [0.2, 0.25) is 0 Å². The first-order chi connectivity index (χ1) is 18.7. The van der Waals surface area contributed by atoms with Crippen molar-refractivity contribution in [2.24, 2.45) is 11.8 Å². The van der Waals surface area contributed by atoms with E-state index in [4.69, 9.17) is 0 Å². The van der Waals surface area contributed by atoms with Gasteiger partial charge in [0.25, 0.3) is 0 Å². The van der Waals surface area contributed by atoms with E-state index in [2.05, 4.69) is 10.3 Å². The van der Waals surface area contributed by atoms with Gasteiger partial charge in [0.05, 0.1) is 22.2 Å². The molecule has 214 valence electrons. The summed E-state index contributed by atoms with van der Waals surface area (Å²) >= 11 is 0. The van der Waals surface area contributed by atoms with Crippen molar-refractivity contribution in [2.45, 2.75) is 44.5 Å². The summed E-state index contributed by atoms with van der Waals surface area (Å²) in [5.41, 5.74) is -3.67. The van der Waals surface area contributed by atoms with Gasteiger partial charge in [0.1, 0.15) is 5.82 Å². The number of nitrogens with zero attached hydrogens (tertiary/aromatic N) is 2. The predicted molar refractivity (Wildman–Crippen MR) is 131 cm³/mol. The summed E-state index contributed by atoms with van der Waals surface area (Å²) in [5, 5.41) is 3.11. The maximum absolute atomic E-state index is 13.8. The van der Waals surface area contributed by atoms with Gasteiger partial charge in [-0.2, -0.15) is 39.5 Å². The van der Waals surface area contributed by atoms with Gasteiger partial charge >= 0.3 is 18.5 Å².